The second kappa shape index (κ2) is 8.88. The summed E-state index contributed by atoms with van der Waals surface area (Å²) in [5.74, 6) is 0.550. The molecule has 8 heteroatoms. The van der Waals surface area contributed by atoms with E-state index in [2.05, 4.69) is 24.1 Å². The number of nitrogens with zero attached hydrogens (tertiary/aromatic N) is 3. The van der Waals surface area contributed by atoms with Gasteiger partial charge in [0.2, 0.25) is 0 Å². The lowest BCUT2D eigenvalue weighted by Gasteiger charge is -2.13. The predicted octanol–water partition coefficient (Wildman–Crippen LogP) is 3.91. The first-order valence-electron chi connectivity index (χ1n) is 8.89. The van der Waals surface area contributed by atoms with Gasteiger partial charge in [-0.2, -0.15) is 0 Å². The zero-order chi connectivity index (χ0) is 20.1. The minimum absolute atomic E-state index is 0.151. The highest BCUT2D eigenvalue weighted by atomic mass is 32.2. The number of pyridine rings is 1. The number of urea groups is 1. The maximum Gasteiger partial charge on any atom is 0.312 e. The van der Waals surface area contributed by atoms with Gasteiger partial charge >= 0.3 is 6.03 Å². The first-order valence-corrected chi connectivity index (χ1v) is 9.70. The number of nitrogens with two attached hydrogens (primary N) is 1. The maximum atomic E-state index is 13.7. The number of hydrogen-bond donors (Lipinski definition) is 2. The molecule has 0 saturated carbocycles. The fourth-order valence-electron chi connectivity index (χ4n) is 2.77. The van der Waals surface area contributed by atoms with Gasteiger partial charge in [-0.1, -0.05) is 37.7 Å². The van der Waals surface area contributed by atoms with E-state index in [-0.39, 0.29) is 18.3 Å². The zero-order valence-corrected chi connectivity index (χ0v) is 16.5. The molecular weight excluding hydrogens is 377 g/mol. The number of carbonyl (C=O) groups excluding carboxylic acids is 1. The Morgan fingerprint density at radius 1 is 1.32 bits per heavy atom. The Balaban J connectivity index is 2.06. The van der Waals surface area contributed by atoms with E-state index in [0.29, 0.717) is 12.4 Å². The van der Waals surface area contributed by atoms with Crippen LogP contribution in [0.3, 0.4) is 0 Å². The second-order valence-corrected chi connectivity index (χ2v) is 7.66. The molecule has 1 aromatic carbocycles. The van der Waals surface area contributed by atoms with Crippen LogP contribution in [0.2, 0.25) is 0 Å². The van der Waals surface area contributed by atoms with Gasteiger partial charge in [0.1, 0.15) is 16.7 Å². The lowest BCUT2D eigenvalue weighted by Crippen LogP contribution is -2.30. The number of nitrogens with one attached hydrogen (secondary N) is 1. The van der Waals surface area contributed by atoms with Crippen LogP contribution in [0.4, 0.5) is 9.18 Å². The van der Waals surface area contributed by atoms with Crippen LogP contribution in [0.5, 0.6) is 0 Å². The van der Waals surface area contributed by atoms with E-state index in [4.69, 9.17) is 10.7 Å². The number of benzene rings is 1. The number of primary amides is 1. The van der Waals surface area contributed by atoms with Crippen molar-refractivity contribution >= 4 is 17.8 Å². The van der Waals surface area contributed by atoms with Crippen LogP contribution in [0.1, 0.15) is 36.8 Å². The van der Waals surface area contributed by atoms with E-state index in [1.165, 1.54) is 23.9 Å². The van der Waals surface area contributed by atoms with Crippen molar-refractivity contribution in [2.24, 2.45) is 5.73 Å². The van der Waals surface area contributed by atoms with Crippen LogP contribution >= 0.6 is 11.8 Å². The van der Waals surface area contributed by atoms with E-state index in [1.807, 2.05) is 22.8 Å². The number of halogens is 1. The quantitative estimate of drug-likeness (QED) is 0.631. The molecule has 2 aromatic heterocycles. The van der Waals surface area contributed by atoms with E-state index < -0.39 is 6.03 Å². The molecule has 2 amide bonds. The Labute approximate surface area is 167 Å². The van der Waals surface area contributed by atoms with Gasteiger partial charge in [0.15, 0.2) is 0 Å². The van der Waals surface area contributed by atoms with Gasteiger partial charge in [-0.05, 0) is 35.7 Å². The zero-order valence-electron chi connectivity index (χ0n) is 15.7. The maximum absolute atomic E-state index is 13.7. The minimum atomic E-state index is -0.610. The lowest BCUT2D eigenvalue weighted by atomic mass is 10.1. The molecule has 3 aromatic rings. The highest BCUT2D eigenvalue weighted by molar-refractivity contribution is 7.99. The van der Waals surface area contributed by atoms with Gasteiger partial charge in [-0.25, -0.2) is 14.2 Å². The van der Waals surface area contributed by atoms with Crippen molar-refractivity contribution in [3.05, 3.63) is 71.7 Å². The van der Waals surface area contributed by atoms with Gasteiger partial charge in [0.05, 0.1) is 18.8 Å². The van der Waals surface area contributed by atoms with Gasteiger partial charge in [-0.15, -0.1) is 0 Å². The van der Waals surface area contributed by atoms with Gasteiger partial charge in [0.25, 0.3) is 0 Å². The van der Waals surface area contributed by atoms with E-state index in [1.54, 1.807) is 18.5 Å². The third kappa shape index (κ3) is 4.89. The molecule has 0 spiro atoms. The standard InChI is InChI=1S/C20H22FN5OS/c1-13(2)18-19(28-16-7-3-6-15(21)9-16)26(12-14-5-4-8-23-10-14)17(25-18)11-24-20(22)27/h3-10,13H,11-12H2,1-2H3,(H3,22,24,27). The Morgan fingerprint density at radius 3 is 2.79 bits per heavy atom. The normalized spacial score (nSPS) is 11.0. The summed E-state index contributed by atoms with van der Waals surface area (Å²) in [5.41, 5.74) is 7.13. The van der Waals surface area contributed by atoms with Crippen molar-refractivity contribution in [1.82, 2.24) is 19.9 Å². The van der Waals surface area contributed by atoms with E-state index in [9.17, 15) is 9.18 Å². The van der Waals surface area contributed by atoms with Gasteiger partial charge in [0, 0.05) is 17.3 Å². The molecular formula is C20H22FN5OS. The average molecular weight is 399 g/mol. The van der Waals surface area contributed by atoms with Crippen molar-refractivity contribution < 1.29 is 9.18 Å². The summed E-state index contributed by atoms with van der Waals surface area (Å²) in [5, 5.41) is 3.52. The summed E-state index contributed by atoms with van der Waals surface area (Å²) < 4.78 is 15.7. The van der Waals surface area contributed by atoms with E-state index >= 15 is 0 Å². The smallest absolute Gasteiger partial charge is 0.312 e. The van der Waals surface area contributed by atoms with Crippen LogP contribution in [0.25, 0.3) is 0 Å². The molecule has 0 aliphatic heterocycles. The third-order valence-electron chi connectivity index (χ3n) is 4.07. The van der Waals surface area contributed by atoms with Crippen molar-refractivity contribution in [3.63, 3.8) is 0 Å². The highest BCUT2D eigenvalue weighted by Gasteiger charge is 2.21. The largest absolute Gasteiger partial charge is 0.352 e. The number of carbonyl (C=O) groups is 1. The van der Waals surface area contributed by atoms with Crippen LogP contribution in [-0.4, -0.2) is 20.6 Å². The van der Waals surface area contributed by atoms with Gasteiger partial charge in [-0.3, -0.25) is 4.98 Å². The van der Waals surface area contributed by atoms with Crippen molar-refractivity contribution in [2.45, 2.75) is 42.8 Å². The fraction of sp³-hybridized carbons (Fsp3) is 0.250. The summed E-state index contributed by atoms with van der Waals surface area (Å²) in [6.45, 7) is 4.84. The molecule has 0 radical (unpaired) electrons. The summed E-state index contributed by atoms with van der Waals surface area (Å²) in [6.07, 6.45) is 3.51. The van der Waals surface area contributed by atoms with E-state index in [0.717, 1.165) is 21.2 Å². The number of amides is 2. The molecule has 0 unspecified atom stereocenters. The highest BCUT2D eigenvalue weighted by Crippen LogP contribution is 2.35. The Kier molecular flexibility index (Phi) is 6.30. The predicted molar refractivity (Wildman–Crippen MR) is 107 cm³/mol. The molecule has 146 valence electrons. The molecule has 0 aliphatic carbocycles. The molecule has 3 rings (SSSR count). The summed E-state index contributed by atoms with van der Waals surface area (Å²) in [4.78, 5) is 20.9. The monoisotopic (exact) mass is 399 g/mol. The first-order chi connectivity index (χ1) is 13.4. The SMILES string of the molecule is CC(C)c1nc(CNC(N)=O)n(Cc2cccnc2)c1Sc1cccc(F)c1. The number of rotatable bonds is 7. The molecule has 0 bridgehead atoms. The number of hydrogen-bond acceptors (Lipinski definition) is 4. The topological polar surface area (TPSA) is 85.8 Å². The number of imidazole rings is 1. The Morgan fingerprint density at radius 2 is 2.14 bits per heavy atom. The first kappa shape index (κ1) is 19.9. The Hall–Kier alpha value is -2.87. The molecule has 2 heterocycles. The molecule has 6 nitrogen and oxygen atoms in total. The van der Waals surface area contributed by atoms with Crippen molar-refractivity contribution in [2.75, 3.05) is 0 Å². The Bertz CT molecular complexity index is 958. The molecule has 0 aliphatic rings. The summed E-state index contributed by atoms with van der Waals surface area (Å²) in [6, 6.07) is 9.70. The second-order valence-electron chi connectivity index (χ2n) is 6.60. The van der Waals surface area contributed by atoms with Crippen molar-refractivity contribution in [3.8, 4) is 0 Å². The molecule has 28 heavy (non-hydrogen) atoms. The van der Waals surface area contributed by atoms with Crippen LogP contribution in [0.15, 0.2) is 58.7 Å². The molecule has 0 saturated heterocycles. The van der Waals surface area contributed by atoms with Crippen LogP contribution < -0.4 is 11.1 Å². The van der Waals surface area contributed by atoms with Crippen LogP contribution in [0, 0.1) is 5.82 Å². The summed E-state index contributed by atoms with van der Waals surface area (Å²) >= 11 is 1.45. The molecule has 0 fully saturated rings. The molecule has 3 N–H and O–H groups in total. The lowest BCUT2D eigenvalue weighted by molar-refractivity contribution is 0.248. The number of aromatic nitrogens is 3. The van der Waals surface area contributed by atoms with Crippen molar-refractivity contribution in [1.29, 1.82) is 0 Å². The third-order valence-corrected chi connectivity index (χ3v) is 5.18. The average Bonchev–Trinajstić information content (AvgIpc) is 2.98. The molecule has 0 atom stereocenters. The summed E-state index contributed by atoms with van der Waals surface area (Å²) in [7, 11) is 0. The fourth-order valence-corrected chi connectivity index (χ4v) is 3.97. The van der Waals surface area contributed by atoms with Gasteiger partial charge < -0.3 is 15.6 Å². The minimum Gasteiger partial charge on any atom is -0.352 e. The van der Waals surface area contributed by atoms with Crippen LogP contribution in [-0.2, 0) is 13.1 Å².